The number of hydrogen-bond acceptors (Lipinski definition) is 8. The number of rotatable bonds is 5. The predicted molar refractivity (Wildman–Crippen MR) is 128 cm³/mol. The van der Waals surface area contributed by atoms with E-state index in [1.807, 2.05) is 37.3 Å². The van der Waals surface area contributed by atoms with Crippen molar-refractivity contribution in [3.8, 4) is 5.82 Å². The monoisotopic (exact) mass is 480 g/mol. The fraction of sp³-hybridized carbons (Fsp3) is 0.348. The minimum absolute atomic E-state index is 0.0195. The van der Waals surface area contributed by atoms with Gasteiger partial charge < -0.3 is 15.8 Å². The molecule has 0 spiro atoms. The maximum Gasteiger partial charge on any atom is 0.232 e. The number of nitrogens with zero attached hydrogens (tertiary/aromatic N) is 6. The Balaban J connectivity index is 1.39. The first-order chi connectivity index (χ1) is 16.4. The van der Waals surface area contributed by atoms with E-state index in [1.165, 1.54) is 6.33 Å². The number of amides is 1. The Morgan fingerprint density at radius 1 is 1.24 bits per heavy atom. The number of hydrogen-bond donors (Lipinski definition) is 2. The Morgan fingerprint density at radius 2 is 2.06 bits per heavy atom. The van der Waals surface area contributed by atoms with Crippen molar-refractivity contribution in [1.29, 1.82) is 0 Å². The summed E-state index contributed by atoms with van der Waals surface area (Å²) in [6.07, 6.45) is 6.41. The fourth-order valence-electron chi connectivity index (χ4n) is 4.47. The zero-order chi connectivity index (χ0) is 23.7. The normalized spacial score (nSPS) is 21.4. The SMILES string of the molecule is C[C@@]1(c2cccc(Nc3ccc(-n4cncn4)nc3)c2Cl)CC(=O)N(C2CCOCC2)C(N)=N1. The second-order valence-electron chi connectivity index (χ2n) is 8.57. The molecule has 4 heterocycles. The van der Waals surface area contributed by atoms with Gasteiger partial charge in [-0.25, -0.2) is 19.6 Å². The molecule has 176 valence electrons. The Hall–Kier alpha value is -3.50. The van der Waals surface area contributed by atoms with Gasteiger partial charge in [0.1, 0.15) is 12.7 Å². The lowest BCUT2D eigenvalue weighted by atomic mass is 9.86. The molecule has 3 aromatic rings. The van der Waals surface area contributed by atoms with Crippen LogP contribution in [0.25, 0.3) is 5.82 Å². The Labute approximate surface area is 201 Å². The van der Waals surface area contributed by atoms with E-state index < -0.39 is 5.54 Å². The van der Waals surface area contributed by atoms with Crippen LogP contribution in [-0.4, -0.2) is 55.8 Å². The summed E-state index contributed by atoms with van der Waals surface area (Å²) >= 11 is 6.82. The van der Waals surface area contributed by atoms with Crippen molar-refractivity contribution in [3.05, 3.63) is 59.8 Å². The molecule has 0 aliphatic carbocycles. The number of nitrogens with one attached hydrogen (secondary N) is 1. The van der Waals surface area contributed by atoms with Gasteiger partial charge in [0.2, 0.25) is 5.91 Å². The topological polar surface area (TPSA) is 124 Å². The molecule has 2 aliphatic rings. The van der Waals surface area contributed by atoms with Crippen LogP contribution in [0.5, 0.6) is 0 Å². The van der Waals surface area contributed by atoms with Crippen LogP contribution in [-0.2, 0) is 15.1 Å². The largest absolute Gasteiger partial charge is 0.381 e. The Morgan fingerprint density at radius 3 is 2.74 bits per heavy atom. The van der Waals surface area contributed by atoms with E-state index in [9.17, 15) is 4.79 Å². The van der Waals surface area contributed by atoms with Crippen molar-refractivity contribution in [3.63, 3.8) is 0 Å². The summed E-state index contributed by atoms with van der Waals surface area (Å²) in [7, 11) is 0. The standard InChI is InChI=1S/C23H25ClN8O2/c1-23(11-20(33)32(22(25)30-23)16-7-9-34-10-8-16)17-3-2-4-18(21(17)24)29-15-5-6-19(27-12-15)31-14-26-13-28-31/h2-6,12-14,16,29H,7-11H2,1H3,(H2,25,30)/t23-/m0/s1. The zero-order valence-corrected chi connectivity index (χ0v) is 19.4. The first-order valence-corrected chi connectivity index (χ1v) is 11.4. The molecule has 34 heavy (non-hydrogen) atoms. The van der Waals surface area contributed by atoms with E-state index >= 15 is 0 Å². The van der Waals surface area contributed by atoms with Gasteiger partial charge in [-0.05, 0) is 38.0 Å². The van der Waals surface area contributed by atoms with E-state index in [4.69, 9.17) is 27.1 Å². The molecule has 5 rings (SSSR count). The van der Waals surface area contributed by atoms with Gasteiger partial charge in [0.15, 0.2) is 11.8 Å². The summed E-state index contributed by atoms with van der Waals surface area (Å²) in [6, 6.07) is 9.35. The molecule has 1 amide bonds. The lowest BCUT2D eigenvalue weighted by Crippen LogP contribution is -2.55. The van der Waals surface area contributed by atoms with Crippen LogP contribution >= 0.6 is 11.6 Å². The third-order valence-corrected chi connectivity index (χ3v) is 6.59. The lowest BCUT2D eigenvalue weighted by Gasteiger charge is -2.40. The summed E-state index contributed by atoms with van der Waals surface area (Å²) in [5.41, 5.74) is 7.61. The van der Waals surface area contributed by atoms with Crippen LogP contribution in [0.4, 0.5) is 11.4 Å². The summed E-state index contributed by atoms with van der Waals surface area (Å²) in [6.45, 7) is 3.12. The van der Waals surface area contributed by atoms with Gasteiger partial charge in [-0.1, -0.05) is 23.7 Å². The molecule has 2 aromatic heterocycles. The number of ether oxygens (including phenoxy) is 1. The molecule has 11 heteroatoms. The third kappa shape index (κ3) is 4.22. The van der Waals surface area contributed by atoms with Crippen LogP contribution in [0.3, 0.4) is 0 Å². The average molecular weight is 481 g/mol. The van der Waals surface area contributed by atoms with Crippen molar-refractivity contribution in [2.24, 2.45) is 10.7 Å². The summed E-state index contributed by atoms with van der Waals surface area (Å²) < 4.78 is 6.99. The van der Waals surface area contributed by atoms with Gasteiger partial charge >= 0.3 is 0 Å². The van der Waals surface area contributed by atoms with Crippen LogP contribution in [0.15, 0.2) is 54.2 Å². The highest BCUT2D eigenvalue weighted by Crippen LogP contribution is 2.41. The van der Waals surface area contributed by atoms with Crippen LogP contribution in [0.1, 0.15) is 31.7 Å². The number of nitrogens with two attached hydrogens (primary N) is 1. The number of guanidine groups is 1. The highest BCUT2D eigenvalue weighted by atomic mass is 35.5. The van der Waals surface area contributed by atoms with E-state index in [2.05, 4.69) is 20.4 Å². The number of pyridine rings is 1. The van der Waals surface area contributed by atoms with Crippen molar-refractivity contribution in [1.82, 2.24) is 24.6 Å². The Bertz CT molecular complexity index is 1210. The highest BCUT2D eigenvalue weighted by molar-refractivity contribution is 6.34. The van der Waals surface area contributed by atoms with E-state index in [0.29, 0.717) is 29.7 Å². The van der Waals surface area contributed by atoms with E-state index in [0.717, 1.165) is 24.1 Å². The fourth-order valence-corrected chi connectivity index (χ4v) is 4.84. The number of aliphatic imine (C=N–C) groups is 1. The van der Waals surface area contributed by atoms with Crippen LogP contribution in [0, 0.1) is 0 Å². The molecule has 3 N–H and O–H groups in total. The van der Waals surface area contributed by atoms with Gasteiger partial charge in [0, 0.05) is 24.8 Å². The maximum atomic E-state index is 13.2. The lowest BCUT2D eigenvalue weighted by molar-refractivity contribution is -0.132. The molecule has 2 aliphatic heterocycles. The van der Waals surface area contributed by atoms with Gasteiger partial charge in [-0.2, -0.15) is 5.10 Å². The smallest absolute Gasteiger partial charge is 0.232 e. The number of carbonyl (C=O) groups is 1. The quantitative estimate of drug-likeness (QED) is 0.575. The molecule has 1 saturated heterocycles. The average Bonchev–Trinajstić information content (AvgIpc) is 3.36. The molecule has 0 saturated carbocycles. The predicted octanol–water partition coefficient (Wildman–Crippen LogP) is 3.00. The molecule has 0 bridgehead atoms. The first-order valence-electron chi connectivity index (χ1n) is 11.1. The third-order valence-electron chi connectivity index (χ3n) is 6.19. The molecular formula is C23H25ClN8O2. The maximum absolute atomic E-state index is 13.2. The minimum Gasteiger partial charge on any atom is -0.381 e. The molecule has 1 aromatic carbocycles. The highest BCUT2D eigenvalue weighted by Gasteiger charge is 2.41. The first kappa shape index (κ1) is 22.3. The van der Waals surface area contributed by atoms with Crippen LogP contribution in [0.2, 0.25) is 5.02 Å². The van der Waals surface area contributed by atoms with Crippen molar-refractivity contribution < 1.29 is 9.53 Å². The molecular weight excluding hydrogens is 456 g/mol. The molecule has 1 fully saturated rings. The van der Waals surface area contributed by atoms with Crippen molar-refractivity contribution in [2.45, 2.75) is 37.8 Å². The van der Waals surface area contributed by atoms with Gasteiger partial charge in [0.05, 0.1) is 34.6 Å². The molecule has 0 radical (unpaired) electrons. The van der Waals surface area contributed by atoms with Crippen molar-refractivity contribution in [2.75, 3.05) is 18.5 Å². The number of benzene rings is 1. The Kier molecular flexibility index (Phi) is 5.93. The molecule has 10 nitrogen and oxygen atoms in total. The molecule has 0 unspecified atom stereocenters. The van der Waals surface area contributed by atoms with E-state index in [1.54, 1.807) is 22.1 Å². The van der Waals surface area contributed by atoms with Gasteiger partial charge in [-0.15, -0.1) is 0 Å². The molecule has 1 atom stereocenters. The second-order valence-corrected chi connectivity index (χ2v) is 8.94. The summed E-state index contributed by atoms with van der Waals surface area (Å²) in [5.74, 6) is 0.826. The number of halogens is 1. The van der Waals surface area contributed by atoms with Gasteiger partial charge in [0.25, 0.3) is 0 Å². The summed E-state index contributed by atoms with van der Waals surface area (Å²) in [5, 5.41) is 7.85. The number of carbonyl (C=O) groups excluding carboxylic acids is 1. The number of aromatic nitrogens is 4. The van der Waals surface area contributed by atoms with Gasteiger partial charge in [-0.3, -0.25) is 9.69 Å². The van der Waals surface area contributed by atoms with Crippen molar-refractivity contribution >= 4 is 34.8 Å². The zero-order valence-electron chi connectivity index (χ0n) is 18.7. The minimum atomic E-state index is -0.868. The second kappa shape index (κ2) is 9.03. The van der Waals surface area contributed by atoms with Crippen LogP contribution < -0.4 is 11.1 Å². The van der Waals surface area contributed by atoms with E-state index in [-0.39, 0.29) is 24.3 Å². The number of anilines is 2. The summed E-state index contributed by atoms with van der Waals surface area (Å²) in [4.78, 5) is 27.9.